The van der Waals surface area contributed by atoms with Crippen LogP contribution in [0.15, 0.2) is 42.7 Å². The van der Waals surface area contributed by atoms with Crippen molar-refractivity contribution in [2.75, 3.05) is 44.3 Å². The van der Waals surface area contributed by atoms with Gasteiger partial charge in [0.2, 0.25) is 0 Å². The summed E-state index contributed by atoms with van der Waals surface area (Å²) >= 11 is 0. The van der Waals surface area contributed by atoms with Crippen LogP contribution in [-0.4, -0.2) is 64.7 Å². The van der Waals surface area contributed by atoms with Crippen molar-refractivity contribution in [3.8, 4) is 0 Å². The molecule has 2 aromatic heterocycles. The second-order valence-corrected chi connectivity index (χ2v) is 8.13. The molecule has 2 fully saturated rings. The summed E-state index contributed by atoms with van der Waals surface area (Å²) in [4.78, 5) is 26.7. The van der Waals surface area contributed by atoms with Crippen LogP contribution in [0.4, 0.5) is 5.82 Å². The number of aromatic nitrogens is 3. The smallest absolute Gasteiger partial charge is 0.253 e. The number of hydrogen-bond donors (Lipinski definition) is 0. The summed E-state index contributed by atoms with van der Waals surface area (Å²) in [5, 5.41) is 0. The highest BCUT2D eigenvalue weighted by atomic mass is 16.5. The van der Waals surface area contributed by atoms with Crippen molar-refractivity contribution in [1.82, 2.24) is 19.4 Å². The minimum absolute atomic E-state index is 0.123. The third-order valence-electron chi connectivity index (χ3n) is 6.25. The predicted molar refractivity (Wildman–Crippen MR) is 116 cm³/mol. The molecule has 0 unspecified atom stereocenters. The molecular formula is C23H27N5O2. The Bertz CT molecular complexity index is 1030. The topological polar surface area (TPSA) is 63.5 Å². The van der Waals surface area contributed by atoms with Crippen LogP contribution in [0.1, 0.15) is 34.8 Å². The van der Waals surface area contributed by atoms with Crippen LogP contribution >= 0.6 is 0 Å². The molecule has 0 spiro atoms. The van der Waals surface area contributed by atoms with Gasteiger partial charge in [-0.05, 0) is 31.0 Å². The lowest BCUT2D eigenvalue weighted by molar-refractivity contribution is 0.0712. The van der Waals surface area contributed by atoms with E-state index in [1.54, 1.807) is 0 Å². The minimum Gasteiger partial charge on any atom is -0.378 e. The summed E-state index contributed by atoms with van der Waals surface area (Å²) in [6.07, 6.45) is 3.72. The first-order valence-electron chi connectivity index (χ1n) is 10.7. The number of benzene rings is 1. The number of anilines is 1. The molecule has 4 heterocycles. The summed E-state index contributed by atoms with van der Waals surface area (Å²) in [6.45, 7) is 4.64. The molecule has 0 radical (unpaired) electrons. The summed E-state index contributed by atoms with van der Waals surface area (Å²) in [6, 6.07) is 11.7. The maximum atomic E-state index is 12.8. The first kappa shape index (κ1) is 19.1. The van der Waals surface area contributed by atoms with E-state index in [0.717, 1.165) is 80.3 Å². The Morgan fingerprint density at radius 1 is 1.07 bits per heavy atom. The molecule has 1 aromatic carbocycles. The van der Waals surface area contributed by atoms with Gasteiger partial charge in [-0.25, -0.2) is 9.97 Å². The van der Waals surface area contributed by atoms with Crippen molar-refractivity contribution in [1.29, 1.82) is 0 Å². The van der Waals surface area contributed by atoms with Gasteiger partial charge in [0.1, 0.15) is 5.52 Å². The molecule has 0 saturated carbocycles. The van der Waals surface area contributed by atoms with Crippen LogP contribution in [0.3, 0.4) is 0 Å². The van der Waals surface area contributed by atoms with E-state index >= 15 is 0 Å². The Morgan fingerprint density at radius 3 is 2.53 bits per heavy atom. The zero-order valence-electron chi connectivity index (χ0n) is 17.3. The predicted octanol–water partition coefficient (Wildman–Crippen LogP) is 2.82. The lowest BCUT2D eigenvalue weighted by Crippen LogP contribution is -2.38. The first-order valence-corrected chi connectivity index (χ1v) is 10.7. The second kappa shape index (κ2) is 8.07. The molecule has 2 saturated heterocycles. The number of hydrogen-bond acceptors (Lipinski definition) is 5. The van der Waals surface area contributed by atoms with E-state index < -0.39 is 0 Å². The summed E-state index contributed by atoms with van der Waals surface area (Å²) in [5.74, 6) is 1.44. The van der Waals surface area contributed by atoms with Gasteiger partial charge in [-0.1, -0.05) is 18.2 Å². The van der Waals surface area contributed by atoms with Crippen molar-refractivity contribution in [3.05, 3.63) is 54.0 Å². The number of amides is 1. The lowest BCUT2D eigenvalue weighted by atomic mass is 9.92. The van der Waals surface area contributed by atoms with Crippen molar-refractivity contribution in [2.24, 2.45) is 7.05 Å². The Balaban J connectivity index is 1.38. The number of carbonyl (C=O) groups is 1. The Morgan fingerprint density at radius 2 is 1.80 bits per heavy atom. The fourth-order valence-electron chi connectivity index (χ4n) is 4.48. The van der Waals surface area contributed by atoms with Crippen LogP contribution in [0.25, 0.3) is 11.0 Å². The van der Waals surface area contributed by atoms with Crippen LogP contribution in [0.2, 0.25) is 0 Å². The Hall–Kier alpha value is -2.93. The van der Waals surface area contributed by atoms with E-state index in [9.17, 15) is 4.79 Å². The van der Waals surface area contributed by atoms with Gasteiger partial charge in [0, 0.05) is 50.4 Å². The van der Waals surface area contributed by atoms with Crippen LogP contribution < -0.4 is 4.90 Å². The molecule has 30 heavy (non-hydrogen) atoms. The van der Waals surface area contributed by atoms with Gasteiger partial charge in [-0.2, -0.15) is 0 Å². The summed E-state index contributed by atoms with van der Waals surface area (Å²) < 4.78 is 7.59. The van der Waals surface area contributed by atoms with E-state index in [1.165, 1.54) is 0 Å². The van der Waals surface area contributed by atoms with Crippen LogP contribution in [-0.2, 0) is 11.8 Å². The number of piperidine rings is 1. The Labute approximate surface area is 176 Å². The molecule has 5 rings (SSSR count). The maximum absolute atomic E-state index is 12.8. The second-order valence-electron chi connectivity index (χ2n) is 8.13. The zero-order valence-corrected chi connectivity index (χ0v) is 17.3. The van der Waals surface area contributed by atoms with E-state index in [2.05, 4.69) is 20.5 Å². The molecule has 7 nitrogen and oxygen atoms in total. The molecular weight excluding hydrogens is 378 g/mol. The van der Waals surface area contributed by atoms with Gasteiger partial charge in [0.15, 0.2) is 5.82 Å². The van der Waals surface area contributed by atoms with E-state index in [-0.39, 0.29) is 5.91 Å². The lowest BCUT2D eigenvalue weighted by Gasteiger charge is -2.33. The molecule has 2 aliphatic rings. The standard InChI is InChI=1S/C23H27N5O2/c1-26-16-24-21-20(26)15-19(25-22(21)27-11-13-30-14-12-27)17-7-9-28(10-8-17)23(29)18-5-3-2-4-6-18/h2-6,15-17H,7-14H2,1H3. The number of aryl methyl sites for hydroxylation is 1. The van der Waals surface area contributed by atoms with E-state index in [4.69, 9.17) is 9.72 Å². The number of pyridine rings is 1. The molecule has 0 aliphatic carbocycles. The van der Waals surface area contributed by atoms with Gasteiger partial charge < -0.3 is 19.1 Å². The van der Waals surface area contributed by atoms with Crippen molar-refractivity contribution in [3.63, 3.8) is 0 Å². The minimum atomic E-state index is 0.123. The van der Waals surface area contributed by atoms with Crippen molar-refractivity contribution >= 4 is 22.8 Å². The van der Waals surface area contributed by atoms with Crippen LogP contribution in [0, 0.1) is 0 Å². The first-order chi connectivity index (χ1) is 14.7. The monoisotopic (exact) mass is 405 g/mol. The van der Waals surface area contributed by atoms with Gasteiger partial charge in [0.05, 0.1) is 25.1 Å². The van der Waals surface area contributed by atoms with E-state index in [0.29, 0.717) is 5.92 Å². The van der Waals surface area contributed by atoms with Gasteiger partial charge in [0.25, 0.3) is 5.91 Å². The largest absolute Gasteiger partial charge is 0.378 e. The third kappa shape index (κ3) is 3.54. The number of carbonyl (C=O) groups excluding carboxylic acids is 1. The number of morpholine rings is 1. The van der Waals surface area contributed by atoms with Crippen LogP contribution in [0.5, 0.6) is 0 Å². The number of fused-ring (bicyclic) bond motifs is 1. The maximum Gasteiger partial charge on any atom is 0.253 e. The number of ether oxygens (including phenoxy) is 1. The Kier molecular flexibility index (Phi) is 5.12. The molecule has 1 amide bonds. The quantitative estimate of drug-likeness (QED) is 0.671. The summed E-state index contributed by atoms with van der Waals surface area (Å²) in [7, 11) is 2.03. The number of nitrogens with zero attached hydrogens (tertiary/aromatic N) is 5. The molecule has 0 bridgehead atoms. The highest BCUT2D eigenvalue weighted by Crippen LogP contribution is 2.33. The third-order valence-corrected chi connectivity index (χ3v) is 6.25. The highest BCUT2D eigenvalue weighted by molar-refractivity contribution is 5.94. The normalized spacial score (nSPS) is 18.2. The SMILES string of the molecule is Cn1cnc2c(N3CCOCC3)nc(C3CCN(C(=O)c4ccccc4)CC3)cc21. The zero-order chi connectivity index (χ0) is 20.5. The summed E-state index contributed by atoms with van der Waals surface area (Å²) in [5.41, 5.74) is 3.95. The average molecular weight is 406 g/mol. The molecule has 7 heteroatoms. The van der Waals surface area contributed by atoms with Gasteiger partial charge >= 0.3 is 0 Å². The molecule has 2 aliphatic heterocycles. The van der Waals surface area contributed by atoms with E-state index in [1.807, 2.05) is 48.6 Å². The fraction of sp³-hybridized carbons (Fsp3) is 0.435. The van der Waals surface area contributed by atoms with Crippen molar-refractivity contribution < 1.29 is 9.53 Å². The molecule has 0 N–H and O–H groups in total. The average Bonchev–Trinajstić information content (AvgIpc) is 3.20. The van der Waals surface area contributed by atoms with Crippen molar-refractivity contribution in [2.45, 2.75) is 18.8 Å². The molecule has 3 aromatic rings. The number of imidazole rings is 1. The molecule has 0 atom stereocenters. The highest BCUT2D eigenvalue weighted by Gasteiger charge is 2.27. The molecule has 156 valence electrons. The number of rotatable bonds is 3. The van der Waals surface area contributed by atoms with Gasteiger partial charge in [-0.3, -0.25) is 4.79 Å². The number of likely N-dealkylation sites (tertiary alicyclic amines) is 1. The van der Waals surface area contributed by atoms with Gasteiger partial charge in [-0.15, -0.1) is 0 Å². The fourth-order valence-corrected chi connectivity index (χ4v) is 4.48.